The molecule has 0 aliphatic rings. The molecule has 0 aliphatic carbocycles. The molecule has 0 atom stereocenters. The smallest absolute Gasteiger partial charge is 0.0650 e. The molecule has 0 unspecified atom stereocenters. The summed E-state index contributed by atoms with van der Waals surface area (Å²) in [5, 5.41) is 10.3. The van der Waals surface area contributed by atoms with Crippen LogP contribution in [0.2, 0.25) is 0 Å². The Morgan fingerprint density at radius 1 is 1.00 bits per heavy atom. The summed E-state index contributed by atoms with van der Waals surface area (Å²) in [5.41, 5.74) is 4.44. The van der Waals surface area contributed by atoms with Crippen LogP contribution in [0.4, 0.5) is 5.69 Å². The minimum absolute atomic E-state index is 0.787. The molecule has 0 bridgehead atoms. The summed E-state index contributed by atoms with van der Waals surface area (Å²) in [6, 6.07) is 14.2. The Morgan fingerprint density at radius 2 is 1.89 bits per heavy atom. The van der Waals surface area contributed by atoms with Gasteiger partial charge in [0.05, 0.1) is 5.69 Å². The van der Waals surface area contributed by atoms with Gasteiger partial charge >= 0.3 is 0 Å². The molecule has 94 valence electrons. The van der Waals surface area contributed by atoms with Gasteiger partial charge in [-0.3, -0.25) is 10.1 Å². The fraction of sp³-hybridized carbons (Fsp3) is 0.0667. The lowest BCUT2D eigenvalue weighted by Gasteiger charge is -2.07. The maximum absolute atomic E-state index is 4.01. The fourth-order valence-corrected chi connectivity index (χ4v) is 1.92. The Balaban J connectivity index is 1.74. The first-order valence-corrected chi connectivity index (χ1v) is 6.14. The normalized spacial score (nSPS) is 10.3. The highest BCUT2D eigenvalue weighted by Crippen LogP contribution is 2.20. The van der Waals surface area contributed by atoms with E-state index in [1.807, 2.05) is 24.3 Å². The van der Waals surface area contributed by atoms with E-state index in [1.165, 1.54) is 5.56 Å². The van der Waals surface area contributed by atoms with Crippen molar-refractivity contribution >= 4 is 5.69 Å². The Morgan fingerprint density at radius 3 is 2.68 bits per heavy atom. The van der Waals surface area contributed by atoms with E-state index in [1.54, 1.807) is 18.6 Å². The molecule has 0 saturated carbocycles. The van der Waals surface area contributed by atoms with Crippen molar-refractivity contribution in [3.05, 3.63) is 66.6 Å². The molecule has 0 amide bonds. The van der Waals surface area contributed by atoms with Crippen LogP contribution >= 0.6 is 0 Å². The predicted molar refractivity (Wildman–Crippen MR) is 75.6 cm³/mol. The van der Waals surface area contributed by atoms with Gasteiger partial charge in [-0.2, -0.15) is 5.10 Å². The zero-order valence-electron chi connectivity index (χ0n) is 10.4. The molecule has 3 rings (SSSR count). The van der Waals surface area contributed by atoms with E-state index >= 15 is 0 Å². The summed E-state index contributed by atoms with van der Waals surface area (Å²) in [7, 11) is 0. The lowest BCUT2D eigenvalue weighted by Crippen LogP contribution is -1.99. The second-order valence-corrected chi connectivity index (χ2v) is 4.26. The molecule has 2 N–H and O–H groups in total. The van der Waals surface area contributed by atoms with Crippen LogP contribution in [0.1, 0.15) is 5.56 Å². The van der Waals surface area contributed by atoms with Crippen LogP contribution < -0.4 is 5.32 Å². The molecule has 19 heavy (non-hydrogen) atoms. The van der Waals surface area contributed by atoms with Gasteiger partial charge in [-0.05, 0) is 35.9 Å². The van der Waals surface area contributed by atoms with E-state index in [9.17, 15) is 0 Å². The third-order valence-electron chi connectivity index (χ3n) is 2.92. The van der Waals surface area contributed by atoms with Crippen LogP contribution in [0.3, 0.4) is 0 Å². The standard InChI is InChI=1S/C15H14N4/c1-2-13(15-6-9-18-19-15)10-14(3-1)17-11-12-4-7-16-8-5-12/h1-10,17H,11H2,(H,18,19). The van der Waals surface area contributed by atoms with Crippen molar-refractivity contribution in [2.75, 3.05) is 5.32 Å². The third-order valence-corrected chi connectivity index (χ3v) is 2.92. The minimum atomic E-state index is 0.787. The fourth-order valence-electron chi connectivity index (χ4n) is 1.92. The third kappa shape index (κ3) is 2.80. The van der Waals surface area contributed by atoms with E-state index in [0.29, 0.717) is 0 Å². The van der Waals surface area contributed by atoms with Gasteiger partial charge in [-0.15, -0.1) is 0 Å². The molecule has 3 aromatic rings. The largest absolute Gasteiger partial charge is 0.381 e. The monoisotopic (exact) mass is 250 g/mol. The number of pyridine rings is 1. The summed E-state index contributed by atoms with van der Waals surface area (Å²) in [4.78, 5) is 4.01. The number of aromatic amines is 1. The number of hydrogen-bond acceptors (Lipinski definition) is 3. The molecule has 2 heterocycles. The van der Waals surface area contributed by atoms with Gasteiger partial charge in [-0.25, -0.2) is 0 Å². The lowest BCUT2D eigenvalue weighted by atomic mass is 10.1. The first-order valence-electron chi connectivity index (χ1n) is 6.14. The molecule has 0 spiro atoms. The van der Waals surface area contributed by atoms with Crippen molar-refractivity contribution < 1.29 is 0 Å². The minimum Gasteiger partial charge on any atom is -0.381 e. The van der Waals surface area contributed by atoms with Crippen LogP contribution in [-0.4, -0.2) is 15.2 Å². The quantitative estimate of drug-likeness (QED) is 0.748. The van der Waals surface area contributed by atoms with E-state index in [2.05, 4.69) is 38.7 Å². The van der Waals surface area contributed by atoms with Crippen LogP contribution in [0.5, 0.6) is 0 Å². The maximum Gasteiger partial charge on any atom is 0.0650 e. The van der Waals surface area contributed by atoms with Crippen molar-refractivity contribution in [1.29, 1.82) is 0 Å². The molecule has 0 radical (unpaired) electrons. The molecule has 0 fully saturated rings. The SMILES string of the molecule is c1cc(NCc2ccncc2)cc(-c2ccn[nH]2)c1. The number of H-pyrrole nitrogens is 1. The lowest BCUT2D eigenvalue weighted by molar-refractivity contribution is 1.09. The van der Waals surface area contributed by atoms with Crippen molar-refractivity contribution in [2.24, 2.45) is 0 Å². The summed E-state index contributed by atoms with van der Waals surface area (Å²) in [6.07, 6.45) is 5.36. The van der Waals surface area contributed by atoms with Crippen LogP contribution in [0, 0.1) is 0 Å². The molecule has 4 nitrogen and oxygen atoms in total. The van der Waals surface area contributed by atoms with Crippen LogP contribution in [-0.2, 0) is 6.54 Å². The number of hydrogen-bond donors (Lipinski definition) is 2. The van der Waals surface area contributed by atoms with Crippen molar-refractivity contribution in [1.82, 2.24) is 15.2 Å². The molecular formula is C15H14N4. The van der Waals surface area contributed by atoms with Crippen molar-refractivity contribution in [3.8, 4) is 11.3 Å². The van der Waals surface area contributed by atoms with Gasteiger partial charge in [-0.1, -0.05) is 12.1 Å². The van der Waals surface area contributed by atoms with Gasteiger partial charge in [0.15, 0.2) is 0 Å². The van der Waals surface area contributed by atoms with Crippen LogP contribution in [0.15, 0.2) is 61.1 Å². The van der Waals surface area contributed by atoms with E-state index < -0.39 is 0 Å². The van der Waals surface area contributed by atoms with Gasteiger partial charge in [0.25, 0.3) is 0 Å². The molecule has 1 aromatic carbocycles. The topological polar surface area (TPSA) is 53.6 Å². The highest BCUT2D eigenvalue weighted by atomic mass is 15.1. The summed E-state index contributed by atoms with van der Waals surface area (Å²) >= 11 is 0. The predicted octanol–water partition coefficient (Wildman–Crippen LogP) is 3.08. The van der Waals surface area contributed by atoms with Gasteiger partial charge < -0.3 is 5.32 Å². The first kappa shape index (κ1) is 11.5. The van der Waals surface area contributed by atoms with Crippen molar-refractivity contribution in [3.63, 3.8) is 0 Å². The van der Waals surface area contributed by atoms with Gasteiger partial charge in [0.2, 0.25) is 0 Å². The van der Waals surface area contributed by atoms with Gasteiger partial charge in [0.1, 0.15) is 0 Å². The maximum atomic E-state index is 4.01. The van der Waals surface area contributed by atoms with E-state index in [4.69, 9.17) is 0 Å². The van der Waals surface area contributed by atoms with E-state index in [-0.39, 0.29) is 0 Å². The Labute approximate surface area is 111 Å². The number of nitrogens with zero attached hydrogens (tertiary/aromatic N) is 2. The highest BCUT2D eigenvalue weighted by molar-refractivity contribution is 5.64. The summed E-state index contributed by atoms with van der Waals surface area (Å²) in [5.74, 6) is 0. The Hall–Kier alpha value is -2.62. The molecule has 0 saturated heterocycles. The molecule has 0 aliphatic heterocycles. The van der Waals surface area contributed by atoms with Gasteiger partial charge in [0, 0.05) is 36.4 Å². The van der Waals surface area contributed by atoms with Crippen molar-refractivity contribution in [2.45, 2.75) is 6.54 Å². The summed E-state index contributed by atoms with van der Waals surface area (Å²) < 4.78 is 0. The molecule has 4 heteroatoms. The number of benzene rings is 1. The molecule has 2 aromatic heterocycles. The first-order chi connectivity index (χ1) is 9.42. The van der Waals surface area contributed by atoms with E-state index in [0.717, 1.165) is 23.5 Å². The number of aromatic nitrogens is 3. The Kier molecular flexibility index (Phi) is 3.23. The summed E-state index contributed by atoms with van der Waals surface area (Å²) in [6.45, 7) is 0.787. The van der Waals surface area contributed by atoms with Crippen LogP contribution in [0.25, 0.3) is 11.3 Å². The average Bonchev–Trinajstić information content (AvgIpc) is 3.01. The molecular weight excluding hydrogens is 236 g/mol. The zero-order chi connectivity index (χ0) is 12.9. The Bertz CT molecular complexity index is 632. The average molecular weight is 250 g/mol. The number of anilines is 1. The number of rotatable bonds is 4. The zero-order valence-corrected chi connectivity index (χ0v) is 10.4. The second-order valence-electron chi connectivity index (χ2n) is 4.26. The second kappa shape index (κ2) is 5.35. The highest BCUT2D eigenvalue weighted by Gasteiger charge is 2.00. The number of nitrogens with one attached hydrogen (secondary N) is 2.